The van der Waals surface area contributed by atoms with Gasteiger partial charge in [-0.2, -0.15) is 0 Å². The highest BCUT2D eigenvalue weighted by molar-refractivity contribution is 7.99. The van der Waals surface area contributed by atoms with Crippen LogP contribution in [0.3, 0.4) is 0 Å². The van der Waals surface area contributed by atoms with Crippen molar-refractivity contribution < 1.29 is 9.84 Å². The molecule has 1 saturated heterocycles. The first kappa shape index (κ1) is 15.5. The first-order valence-corrected chi connectivity index (χ1v) is 8.58. The highest BCUT2D eigenvalue weighted by Gasteiger charge is 2.22. The molecule has 2 aromatic rings. The third-order valence-corrected chi connectivity index (χ3v) is 5.07. The van der Waals surface area contributed by atoms with Crippen molar-refractivity contribution in [1.29, 1.82) is 0 Å². The second kappa shape index (κ2) is 6.81. The summed E-state index contributed by atoms with van der Waals surface area (Å²) < 4.78 is 5.79. The molecule has 0 bridgehead atoms. The number of fused-ring (bicyclic) bond motifs is 1. The van der Waals surface area contributed by atoms with Crippen LogP contribution in [0, 0.1) is 6.92 Å². The fraction of sp³-hybridized carbons (Fsp3) is 0.500. The number of aliphatic hydroxyl groups is 1. The normalized spacial score (nSPS) is 22.1. The van der Waals surface area contributed by atoms with Crippen molar-refractivity contribution in [1.82, 2.24) is 9.97 Å². The van der Waals surface area contributed by atoms with Crippen LogP contribution >= 0.6 is 11.8 Å². The van der Waals surface area contributed by atoms with Crippen molar-refractivity contribution in [2.24, 2.45) is 0 Å². The fourth-order valence-electron chi connectivity index (χ4n) is 2.71. The Balaban J connectivity index is 1.74. The zero-order valence-electron chi connectivity index (χ0n) is 12.5. The first-order valence-electron chi connectivity index (χ1n) is 7.54. The maximum absolute atomic E-state index is 12.1. The minimum atomic E-state index is -0.0953. The van der Waals surface area contributed by atoms with E-state index in [0.29, 0.717) is 17.0 Å². The van der Waals surface area contributed by atoms with Crippen molar-refractivity contribution in [2.45, 2.75) is 43.5 Å². The van der Waals surface area contributed by atoms with Crippen LogP contribution in [0.25, 0.3) is 10.9 Å². The molecule has 2 N–H and O–H groups in total. The molecule has 3 rings (SSSR count). The van der Waals surface area contributed by atoms with E-state index in [1.807, 2.05) is 19.1 Å². The van der Waals surface area contributed by atoms with Crippen LogP contribution in [0.4, 0.5) is 0 Å². The van der Waals surface area contributed by atoms with Crippen molar-refractivity contribution >= 4 is 22.7 Å². The second-order valence-electron chi connectivity index (χ2n) is 5.60. The molecule has 1 aliphatic rings. The van der Waals surface area contributed by atoms with Crippen LogP contribution in [-0.2, 0) is 10.5 Å². The topological polar surface area (TPSA) is 75.2 Å². The van der Waals surface area contributed by atoms with E-state index < -0.39 is 0 Å². The molecule has 1 aromatic heterocycles. The summed E-state index contributed by atoms with van der Waals surface area (Å²) in [7, 11) is 0. The van der Waals surface area contributed by atoms with Gasteiger partial charge in [-0.15, -0.1) is 11.8 Å². The van der Waals surface area contributed by atoms with Crippen LogP contribution in [0.15, 0.2) is 23.0 Å². The van der Waals surface area contributed by atoms with Gasteiger partial charge in [0.2, 0.25) is 0 Å². The van der Waals surface area contributed by atoms with Crippen LogP contribution in [0.5, 0.6) is 0 Å². The predicted octanol–water partition coefficient (Wildman–Crippen LogP) is 2.35. The number of aryl methyl sites for hydroxylation is 1. The van der Waals surface area contributed by atoms with E-state index in [0.717, 1.165) is 30.3 Å². The number of ether oxygens (including phenoxy) is 1. The average molecular weight is 320 g/mol. The van der Waals surface area contributed by atoms with E-state index in [2.05, 4.69) is 9.97 Å². The molecule has 118 valence electrons. The van der Waals surface area contributed by atoms with Gasteiger partial charge in [0.25, 0.3) is 5.56 Å². The van der Waals surface area contributed by atoms with Crippen LogP contribution in [0.1, 0.15) is 30.7 Å². The molecule has 1 fully saturated rings. The van der Waals surface area contributed by atoms with E-state index in [4.69, 9.17) is 4.74 Å². The zero-order valence-corrected chi connectivity index (χ0v) is 13.4. The van der Waals surface area contributed by atoms with Gasteiger partial charge in [0.15, 0.2) is 0 Å². The molecular formula is C16H20N2O3S. The van der Waals surface area contributed by atoms with Gasteiger partial charge in [0.1, 0.15) is 11.3 Å². The predicted molar refractivity (Wildman–Crippen MR) is 88.0 cm³/mol. The maximum atomic E-state index is 12.1. The molecule has 5 nitrogen and oxygen atoms in total. The third-order valence-electron chi connectivity index (χ3n) is 3.91. The van der Waals surface area contributed by atoms with Gasteiger partial charge >= 0.3 is 0 Å². The minimum Gasteiger partial charge on any atom is -0.394 e. The molecule has 22 heavy (non-hydrogen) atoms. The number of nitrogens with one attached hydrogen (secondary N) is 1. The molecule has 0 saturated carbocycles. The van der Waals surface area contributed by atoms with Gasteiger partial charge in [-0.3, -0.25) is 4.79 Å². The van der Waals surface area contributed by atoms with Gasteiger partial charge in [0.05, 0.1) is 29.4 Å². The summed E-state index contributed by atoms with van der Waals surface area (Å²) in [4.78, 5) is 19.6. The number of benzene rings is 1. The number of H-pyrrole nitrogens is 1. The number of para-hydroxylation sites is 1. The highest BCUT2D eigenvalue weighted by atomic mass is 32.2. The molecule has 2 heterocycles. The van der Waals surface area contributed by atoms with Gasteiger partial charge in [-0.1, -0.05) is 12.1 Å². The third kappa shape index (κ3) is 3.34. The molecule has 0 aliphatic carbocycles. The van der Waals surface area contributed by atoms with Crippen molar-refractivity contribution in [3.63, 3.8) is 0 Å². The van der Waals surface area contributed by atoms with Crippen molar-refractivity contribution in [3.05, 3.63) is 39.9 Å². The average Bonchev–Trinajstić information content (AvgIpc) is 2.54. The van der Waals surface area contributed by atoms with Gasteiger partial charge in [0, 0.05) is 0 Å². The number of nitrogens with zero attached hydrogens (tertiary/aromatic N) is 1. The van der Waals surface area contributed by atoms with E-state index in [9.17, 15) is 9.90 Å². The van der Waals surface area contributed by atoms with Gasteiger partial charge < -0.3 is 14.8 Å². The van der Waals surface area contributed by atoms with Crippen LogP contribution in [-0.4, -0.2) is 33.2 Å². The number of thioether (sulfide) groups is 1. The zero-order chi connectivity index (χ0) is 15.5. The Kier molecular flexibility index (Phi) is 4.81. The molecule has 0 amide bonds. The summed E-state index contributed by atoms with van der Waals surface area (Å²) in [5.41, 5.74) is 1.73. The lowest BCUT2D eigenvalue weighted by Gasteiger charge is -2.28. The lowest BCUT2D eigenvalue weighted by atomic mass is 10.1. The Morgan fingerprint density at radius 2 is 2.32 bits per heavy atom. The Bertz CT molecular complexity index is 716. The monoisotopic (exact) mass is 320 g/mol. The number of aliphatic hydroxyl groups excluding tert-OH is 1. The Morgan fingerprint density at radius 1 is 1.45 bits per heavy atom. The highest BCUT2D eigenvalue weighted by Crippen LogP contribution is 2.28. The molecule has 1 aromatic carbocycles. The number of rotatable bonds is 4. The van der Waals surface area contributed by atoms with E-state index in [-0.39, 0.29) is 23.7 Å². The molecule has 0 spiro atoms. The van der Waals surface area contributed by atoms with Crippen molar-refractivity contribution in [2.75, 3.05) is 6.61 Å². The number of aromatic amines is 1. The minimum absolute atomic E-state index is 0.0582. The smallest absolute Gasteiger partial charge is 0.258 e. The Morgan fingerprint density at radius 3 is 3.14 bits per heavy atom. The number of aromatic nitrogens is 2. The molecular weight excluding hydrogens is 300 g/mol. The van der Waals surface area contributed by atoms with Gasteiger partial charge in [-0.25, -0.2) is 4.98 Å². The molecule has 2 atom stereocenters. The van der Waals surface area contributed by atoms with Crippen LogP contribution < -0.4 is 5.56 Å². The molecule has 0 radical (unpaired) electrons. The summed E-state index contributed by atoms with van der Waals surface area (Å²) >= 11 is 1.63. The lowest BCUT2D eigenvalue weighted by Crippen LogP contribution is -2.28. The number of hydrogen-bond donors (Lipinski definition) is 2. The van der Waals surface area contributed by atoms with Crippen molar-refractivity contribution in [3.8, 4) is 0 Å². The summed E-state index contributed by atoms with van der Waals surface area (Å²) in [5.74, 6) is 1.27. The van der Waals surface area contributed by atoms with Gasteiger partial charge in [-0.05, 0) is 37.8 Å². The summed E-state index contributed by atoms with van der Waals surface area (Å²) in [6.45, 7) is 2.03. The molecule has 0 unspecified atom stereocenters. The number of hydrogen-bond acceptors (Lipinski definition) is 5. The summed E-state index contributed by atoms with van der Waals surface area (Å²) in [6, 6.07) is 5.62. The molecule has 1 aliphatic heterocycles. The van der Waals surface area contributed by atoms with E-state index in [1.165, 1.54) is 0 Å². The second-order valence-corrected chi connectivity index (χ2v) is 6.74. The quantitative estimate of drug-likeness (QED) is 0.904. The molecule has 6 heteroatoms. The largest absolute Gasteiger partial charge is 0.394 e. The van der Waals surface area contributed by atoms with E-state index >= 15 is 0 Å². The SMILES string of the molecule is Cc1cccc2c(=O)[nH]c(CS[C@H]3CCC[C@@H](CO)O3)nc12. The summed E-state index contributed by atoms with van der Waals surface area (Å²) in [5, 5.41) is 9.81. The Labute approximate surface area is 133 Å². The standard InChI is InChI=1S/C16H20N2O3S/c1-10-4-2-6-12-15(10)17-13(18-16(12)20)9-22-14-7-3-5-11(8-19)21-14/h2,4,6,11,14,19H,3,5,7-9H2,1H3,(H,17,18,20)/t11-,14-/m0/s1. The van der Waals surface area contributed by atoms with Crippen LogP contribution in [0.2, 0.25) is 0 Å². The maximum Gasteiger partial charge on any atom is 0.258 e. The van der Waals surface area contributed by atoms with E-state index in [1.54, 1.807) is 17.8 Å². The fourth-order valence-corrected chi connectivity index (χ4v) is 3.76. The first-order chi connectivity index (χ1) is 10.7. The Hall–Kier alpha value is -1.37. The summed E-state index contributed by atoms with van der Waals surface area (Å²) in [6.07, 6.45) is 2.89. The lowest BCUT2D eigenvalue weighted by molar-refractivity contribution is -0.0334.